The summed E-state index contributed by atoms with van der Waals surface area (Å²) >= 11 is 0. The Bertz CT molecular complexity index is 892. The Morgan fingerprint density at radius 1 is 0.886 bits per heavy atom. The molecule has 5 unspecified atom stereocenters. The summed E-state index contributed by atoms with van der Waals surface area (Å²) in [5, 5.41) is 26.0. The van der Waals surface area contributed by atoms with Gasteiger partial charge in [0.2, 0.25) is 23.6 Å². The van der Waals surface area contributed by atoms with Gasteiger partial charge < -0.3 is 37.6 Å². The van der Waals surface area contributed by atoms with Crippen molar-refractivity contribution in [1.82, 2.24) is 16.0 Å². The van der Waals surface area contributed by atoms with Crippen molar-refractivity contribution in [3.63, 3.8) is 0 Å². The van der Waals surface area contributed by atoms with Crippen LogP contribution in [-0.4, -0.2) is 70.1 Å². The van der Waals surface area contributed by atoms with E-state index in [4.69, 9.17) is 11.5 Å². The first-order chi connectivity index (χ1) is 16.3. The lowest BCUT2D eigenvalue weighted by molar-refractivity contribution is -0.145. The molecule has 0 aliphatic heterocycles. The van der Waals surface area contributed by atoms with Crippen molar-refractivity contribution in [2.24, 2.45) is 17.4 Å². The minimum absolute atomic E-state index is 0.136. The second-order valence-corrected chi connectivity index (χ2v) is 8.66. The number of carboxylic acid groups (broad SMARTS) is 1. The number of nitrogens with one attached hydrogen (secondary N) is 3. The molecule has 35 heavy (non-hydrogen) atoms. The molecule has 12 nitrogen and oxygen atoms in total. The van der Waals surface area contributed by atoms with Crippen LogP contribution in [0, 0.1) is 5.92 Å². The quantitative estimate of drug-likeness (QED) is 0.160. The Kier molecular flexibility index (Phi) is 11.8. The summed E-state index contributed by atoms with van der Waals surface area (Å²) in [6, 6.07) is 4.04. The number of nitrogens with two attached hydrogens (primary N) is 2. The fourth-order valence-electron chi connectivity index (χ4n) is 3.22. The smallest absolute Gasteiger partial charge is 0.328 e. The molecule has 194 valence electrons. The molecule has 0 fully saturated rings. The summed E-state index contributed by atoms with van der Waals surface area (Å²) in [6.07, 6.45) is -1.52. The number of benzene rings is 1. The Morgan fingerprint density at radius 3 is 1.94 bits per heavy atom. The Balaban J connectivity index is 2.96. The van der Waals surface area contributed by atoms with E-state index >= 15 is 0 Å². The molecule has 0 heterocycles. The number of hydrogen-bond donors (Lipinski definition) is 7. The van der Waals surface area contributed by atoms with Gasteiger partial charge in [0.15, 0.2) is 6.04 Å². The average Bonchev–Trinajstić information content (AvgIpc) is 2.77. The summed E-state index contributed by atoms with van der Waals surface area (Å²) in [4.78, 5) is 60.9. The molecule has 12 heteroatoms. The molecule has 1 aromatic rings. The van der Waals surface area contributed by atoms with Gasteiger partial charge in [-0.25, -0.2) is 4.79 Å². The second kappa shape index (κ2) is 14.0. The number of primary amides is 1. The highest BCUT2D eigenvalue weighted by Crippen LogP contribution is 2.08. The standard InChI is InChI=1S/C23H35N5O7/c1-12(2)18(22(33)28-19(13(3)29)23(34)35)27-21(32)16(9-10-17(25)30)26-20(31)15(24)11-14-7-5-4-6-8-14/h4-8,12-13,15-16,18-19,29H,9-11,24H2,1-3H3,(H2,25,30)(H,26,31)(H,27,32)(H,28,33)(H,34,35). The largest absolute Gasteiger partial charge is 0.480 e. The SMILES string of the molecule is CC(C)C(NC(=O)C(CCC(N)=O)NC(=O)C(N)Cc1ccccc1)C(=O)NC(C(=O)O)C(C)O. The van der Waals surface area contributed by atoms with Crippen molar-refractivity contribution in [3.8, 4) is 0 Å². The number of carbonyl (C=O) groups is 5. The summed E-state index contributed by atoms with van der Waals surface area (Å²) < 4.78 is 0. The van der Waals surface area contributed by atoms with E-state index in [2.05, 4.69) is 16.0 Å². The van der Waals surface area contributed by atoms with Crippen molar-refractivity contribution < 1.29 is 34.2 Å². The third kappa shape index (κ3) is 10.1. The van der Waals surface area contributed by atoms with Crippen molar-refractivity contribution in [3.05, 3.63) is 35.9 Å². The molecule has 0 saturated heterocycles. The van der Waals surface area contributed by atoms with Crippen LogP contribution in [0.25, 0.3) is 0 Å². The first-order valence-electron chi connectivity index (χ1n) is 11.2. The predicted octanol–water partition coefficient (Wildman–Crippen LogP) is -1.60. The summed E-state index contributed by atoms with van der Waals surface area (Å²) in [5.74, 6) is -4.85. The van der Waals surface area contributed by atoms with Crippen LogP contribution >= 0.6 is 0 Å². The molecule has 0 saturated carbocycles. The number of aliphatic hydroxyl groups excluding tert-OH is 1. The molecule has 0 aliphatic carbocycles. The fourth-order valence-corrected chi connectivity index (χ4v) is 3.22. The van der Waals surface area contributed by atoms with Crippen LogP contribution in [0.5, 0.6) is 0 Å². The van der Waals surface area contributed by atoms with Gasteiger partial charge in [0.25, 0.3) is 0 Å². The number of aliphatic hydroxyl groups is 1. The van der Waals surface area contributed by atoms with Gasteiger partial charge in [-0.1, -0.05) is 44.2 Å². The highest BCUT2D eigenvalue weighted by Gasteiger charge is 2.33. The van der Waals surface area contributed by atoms with Gasteiger partial charge in [-0.2, -0.15) is 0 Å². The maximum absolute atomic E-state index is 13.0. The lowest BCUT2D eigenvalue weighted by Crippen LogP contribution is -2.59. The van der Waals surface area contributed by atoms with Gasteiger partial charge >= 0.3 is 5.97 Å². The minimum atomic E-state index is -1.58. The van der Waals surface area contributed by atoms with Crippen LogP contribution in [0.2, 0.25) is 0 Å². The van der Waals surface area contributed by atoms with Gasteiger partial charge in [-0.05, 0) is 31.2 Å². The van der Waals surface area contributed by atoms with Crippen LogP contribution in [0.4, 0.5) is 0 Å². The first kappa shape index (κ1) is 29.5. The van der Waals surface area contributed by atoms with E-state index in [1.807, 2.05) is 6.07 Å². The molecule has 1 aromatic carbocycles. The Morgan fingerprint density at radius 2 is 1.46 bits per heavy atom. The number of aliphatic carboxylic acids is 1. The van der Waals surface area contributed by atoms with Crippen molar-refractivity contribution >= 4 is 29.6 Å². The van der Waals surface area contributed by atoms with Crippen molar-refractivity contribution in [1.29, 1.82) is 0 Å². The molecule has 1 rings (SSSR count). The summed E-state index contributed by atoms with van der Waals surface area (Å²) in [5.41, 5.74) is 12.0. The van der Waals surface area contributed by atoms with Gasteiger partial charge in [0.05, 0.1) is 12.1 Å². The molecular formula is C23H35N5O7. The van der Waals surface area contributed by atoms with Crippen LogP contribution in [0.15, 0.2) is 30.3 Å². The normalized spacial score (nSPS) is 15.3. The lowest BCUT2D eigenvalue weighted by Gasteiger charge is -2.27. The summed E-state index contributed by atoms with van der Waals surface area (Å²) in [6.45, 7) is 4.45. The molecule has 0 aliphatic rings. The number of hydrogen-bond acceptors (Lipinski definition) is 7. The van der Waals surface area contributed by atoms with E-state index in [1.54, 1.807) is 38.1 Å². The third-order valence-electron chi connectivity index (χ3n) is 5.24. The monoisotopic (exact) mass is 493 g/mol. The minimum Gasteiger partial charge on any atom is -0.480 e. The highest BCUT2D eigenvalue weighted by molar-refractivity contribution is 5.94. The van der Waals surface area contributed by atoms with Crippen LogP contribution < -0.4 is 27.4 Å². The van der Waals surface area contributed by atoms with E-state index in [9.17, 15) is 34.2 Å². The van der Waals surface area contributed by atoms with Crippen LogP contribution in [-0.2, 0) is 30.4 Å². The fraction of sp³-hybridized carbons (Fsp3) is 0.522. The number of amides is 4. The zero-order valence-electron chi connectivity index (χ0n) is 20.1. The van der Waals surface area contributed by atoms with Gasteiger partial charge in [0, 0.05) is 6.42 Å². The maximum atomic E-state index is 13.0. The van der Waals surface area contributed by atoms with Gasteiger partial charge in [-0.3, -0.25) is 19.2 Å². The Labute approximate surface area is 203 Å². The average molecular weight is 494 g/mol. The molecule has 4 amide bonds. The van der Waals surface area contributed by atoms with E-state index in [0.29, 0.717) is 0 Å². The van der Waals surface area contributed by atoms with Crippen molar-refractivity contribution in [2.75, 3.05) is 0 Å². The molecule has 0 spiro atoms. The molecule has 0 radical (unpaired) electrons. The zero-order valence-corrected chi connectivity index (χ0v) is 20.1. The first-order valence-corrected chi connectivity index (χ1v) is 11.2. The molecule has 0 aromatic heterocycles. The van der Waals surface area contributed by atoms with Gasteiger partial charge in [0.1, 0.15) is 12.1 Å². The maximum Gasteiger partial charge on any atom is 0.328 e. The highest BCUT2D eigenvalue weighted by atomic mass is 16.4. The third-order valence-corrected chi connectivity index (χ3v) is 5.24. The van der Waals surface area contributed by atoms with E-state index in [0.717, 1.165) is 5.56 Å². The molecular weight excluding hydrogens is 458 g/mol. The van der Waals surface area contributed by atoms with Gasteiger partial charge in [-0.15, -0.1) is 0 Å². The van der Waals surface area contributed by atoms with Crippen LogP contribution in [0.1, 0.15) is 39.2 Å². The number of carboxylic acids is 1. The lowest BCUT2D eigenvalue weighted by atomic mass is 10.0. The number of carbonyl (C=O) groups excluding carboxylic acids is 4. The van der Waals surface area contributed by atoms with E-state index in [1.165, 1.54) is 6.92 Å². The molecule has 5 atom stereocenters. The van der Waals surface area contributed by atoms with E-state index in [-0.39, 0.29) is 19.3 Å². The van der Waals surface area contributed by atoms with Crippen molar-refractivity contribution in [2.45, 2.75) is 70.3 Å². The predicted molar refractivity (Wildman–Crippen MR) is 126 cm³/mol. The summed E-state index contributed by atoms with van der Waals surface area (Å²) in [7, 11) is 0. The molecule has 9 N–H and O–H groups in total. The second-order valence-electron chi connectivity index (χ2n) is 8.66. The van der Waals surface area contributed by atoms with Crippen LogP contribution in [0.3, 0.4) is 0 Å². The zero-order chi connectivity index (χ0) is 26.7. The molecule has 0 bridgehead atoms. The topological polar surface area (TPSA) is 214 Å². The number of rotatable bonds is 14. The Hall–Kier alpha value is -3.51. The van der Waals surface area contributed by atoms with E-state index < -0.39 is 65.8 Å².